The molecule has 1 aliphatic rings. The van der Waals surface area contributed by atoms with E-state index in [0.29, 0.717) is 13.0 Å². The summed E-state index contributed by atoms with van der Waals surface area (Å²) in [6, 6.07) is 5.90. The largest absolute Gasteiger partial charge is 0.342 e. The topological polar surface area (TPSA) is 68.8 Å². The molecule has 0 bridgehead atoms. The number of nitrogens with zero attached hydrogens (tertiary/aromatic N) is 6. The normalized spacial score (nSPS) is 17.2. The summed E-state index contributed by atoms with van der Waals surface area (Å²) in [5.41, 5.74) is 1.15. The highest BCUT2D eigenvalue weighted by Gasteiger charge is 2.27. The third kappa shape index (κ3) is 4.24. The van der Waals surface area contributed by atoms with Gasteiger partial charge in [0.15, 0.2) is 0 Å². The van der Waals surface area contributed by atoms with Gasteiger partial charge in [0.1, 0.15) is 5.82 Å². The average molecular weight is 364 g/mol. The molecule has 1 aliphatic heterocycles. The van der Waals surface area contributed by atoms with Crippen LogP contribution in [0.1, 0.15) is 36.6 Å². The quantitative estimate of drug-likeness (QED) is 0.673. The fourth-order valence-corrected chi connectivity index (χ4v) is 3.72. The van der Waals surface area contributed by atoms with Crippen molar-refractivity contribution in [3.05, 3.63) is 66.8 Å². The predicted molar refractivity (Wildman–Crippen MR) is 101 cm³/mol. The summed E-state index contributed by atoms with van der Waals surface area (Å²) in [5.74, 6) is 1.53. The van der Waals surface area contributed by atoms with Crippen molar-refractivity contribution in [1.29, 1.82) is 0 Å². The summed E-state index contributed by atoms with van der Waals surface area (Å²) in [6.07, 6.45) is 13.7. The zero-order valence-corrected chi connectivity index (χ0v) is 15.3. The number of amides is 1. The van der Waals surface area contributed by atoms with E-state index in [9.17, 15) is 4.79 Å². The van der Waals surface area contributed by atoms with Gasteiger partial charge in [0.2, 0.25) is 5.91 Å². The Morgan fingerprint density at radius 1 is 1.19 bits per heavy atom. The van der Waals surface area contributed by atoms with Crippen molar-refractivity contribution < 1.29 is 4.79 Å². The number of carbonyl (C=O) groups excluding carboxylic acids is 1. The molecule has 0 aliphatic carbocycles. The van der Waals surface area contributed by atoms with Gasteiger partial charge in [-0.15, -0.1) is 0 Å². The van der Waals surface area contributed by atoms with Gasteiger partial charge in [0, 0.05) is 69.2 Å². The van der Waals surface area contributed by atoms with Crippen LogP contribution < -0.4 is 0 Å². The summed E-state index contributed by atoms with van der Waals surface area (Å²) in [6.45, 7) is 2.95. The van der Waals surface area contributed by atoms with Crippen LogP contribution in [0.4, 0.5) is 0 Å². The first kappa shape index (κ1) is 17.5. The standard InChI is InChI=1S/C20H24N6O/c27-19(6-12-26-11-3-8-23-26)24-10-2-5-18(16-24)20-22-9-13-25(20)15-17-4-1-7-21-14-17/h1,3-4,7-9,11,13-14,18H,2,5-6,10,12,15-16H2. The smallest absolute Gasteiger partial charge is 0.224 e. The second-order valence-corrected chi connectivity index (χ2v) is 6.97. The summed E-state index contributed by atoms with van der Waals surface area (Å²) in [4.78, 5) is 23.4. The first-order valence-electron chi connectivity index (χ1n) is 9.45. The Bertz CT molecular complexity index is 858. The lowest BCUT2D eigenvalue weighted by Crippen LogP contribution is -2.40. The number of aromatic nitrogens is 5. The molecular formula is C20H24N6O. The highest BCUT2D eigenvalue weighted by atomic mass is 16.2. The van der Waals surface area contributed by atoms with E-state index < -0.39 is 0 Å². The van der Waals surface area contributed by atoms with Gasteiger partial charge in [-0.3, -0.25) is 14.5 Å². The van der Waals surface area contributed by atoms with Crippen molar-refractivity contribution in [2.45, 2.75) is 38.3 Å². The minimum absolute atomic E-state index is 0.195. The summed E-state index contributed by atoms with van der Waals surface area (Å²) < 4.78 is 3.99. The maximum atomic E-state index is 12.6. The molecule has 0 spiro atoms. The van der Waals surface area contributed by atoms with E-state index in [2.05, 4.69) is 25.7 Å². The lowest BCUT2D eigenvalue weighted by Gasteiger charge is -2.33. The Labute approximate surface area is 158 Å². The summed E-state index contributed by atoms with van der Waals surface area (Å²) in [7, 11) is 0. The van der Waals surface area contributed by atoms with Crippen molar-refractivity contribution in [3.8, 4) is 0 Å². The molecule has 1 unspecified atom stereocenters. The minimum atomic E-state index is 0.195. The lowest BCUT2D eigenvalue weighted by molar-refractivity contribution is -0.132. The van der Waals surface area contributed by atoms with E-state index in [1.165, 1.54) is 0 Å². The number of carbonyl (C=O) groups is 1. The number of aryl methyl sites for hydroxylation is 1. The molecule has 0 radical (unpaired) electrons. The van der Waals surface area contributed by atoms with Crippen LogP contribution in [-0.4, -0.2) is 48.2 Å². The Kier molecular flexibility index (Phi) is 5.27. The van der Waals surface area contributed by atoms with Crippen molar-refractivity contribution >= 4 is 5.91 Å². The first-order valence-corrected chi connectivity index (χ1v) is 9.45. The molecule has 140 valence electrons. The van der Waals surface area contributed by atoms with E-state index in [4.69, 9.17) is 0 Å². The number of likely N-dealkylation sites (tertiary alicyclic amines) is 1. The number of hydrogen-bond acceptors (Lipinski definition) is 4. The van der Waals surface area contributed by atoms with E-state index >= 15 is 0 Å². The van der Waals surface area contributed by atoms with Crippen molar-refractivity contribution in [2.24, 2.45) is 0 Å². The molecule has 1 amide bonds. The lowest BCUT2D eigenvalue weighted by atomic mass is 9.96. The van der Waals surface area contributed by atoms with E-state index in [1.54, 1.807) is 17.1 Å². The predicted octanol–water partition coefficient (Wildman–Crippen LogP) is 2.32. The van der Waals surface area contributed by atoms with Gasteiger partial charge in [0.05, 0.1) is 6.54 Å². The number of imidazole rings is 1. The highest BCUT2D eigenvalue weighted by Crippen LogP contribution is 2.26. The van der Waals surface area contributed by atoms with Crippen LogP contribution in [-0.2, 0) is 17.9 Å². The van der Waals surface area contributed by atoms with Crippen LogP contribution >= 0.6 is 0 Å². The van der Waals surface area contributed by atoms with Gasteiger partial charge in [-0.25, -0.2) is 4.98 Å². The van der Waals surface area contributed by atoms with Gasteiger partial charge in [-0.2, -0.15) is 5.10 Å². The van der Waals surface area contributed by atoms with Gasteiger partial charge in [-0.05, 0) is 30.5 Å². The zero-order chi connectivity index (χ0) is 18.5. The fourth-order valence-electron chi connectivity index (χ4n) is 3.72. The van der Waals surface area contributed by atoms with E-state index in [1.807, 2.05) is 41.8 Å². The SMILES string of the molecule is O=C(CCn1cccn1)N1CCCC(c2nccn2Cc2cccnc2)C1. The Morgan fingerprint density at radius 2 is 2.15 bits per heavy atom. The molecule has 1 atom stereocenters. The van der Waals surface area contributed by atoms with Crippen LogP contribution in [0.5, 0.6) is 0 Å². The molecule has 3 aromatic rings. The molecule has 3 aromatic heterocycles. The zero-order valence-electron chi connectivity index (χ0n) is 15.3. The van der Waals surface area contributed by atoms with Crippen LogP contribution in [0.25, 0.3) is 0 Å². The third-order valence-corrected chi connectivity index (χ3v) is 5.08. The van der Waals surface area contributed by atoms with Crippen molar-refractivity contribution in [2.75, 3.05) is 13.1 Å². The van der Waals surface area contributed by atoms with Crippen LogP contribution in [0.3, 0.4) is 0 Å². The molecule has 27 heavy (non-hydrogen) atoms. The molecule has 7 nitrogen and oxygen atoms in total. The second-order valence-electron chi connectivity index (χ2n) is 6.97. The monoisotopic (exact) mass is 364 g/mol. The second kappa shape index (κ2) is 8.16. The summed E-state index contributed by atoms with van der Waals surface area (Å²) >= 11 is 0. The molecule has 0 saturated carbocycles. The summed E-state index contributed by atoms with van der Waals surface area (Å²) in [5, 5.41) is 4.17. The van der Waals surface area contributed by atoms with Gasteiger partial charge >= 0.3 is 0 Å². The molecular weight excluding hydrogens is 340 g/mol. The molecule has 7 heteroatoms. The number of pyridine rings is 1. The van der Waals surface area contributed by atoms with E-state index in [-0.39, 0.29) is 11.8 Å². The third-order valence-electron chi connectivity index (χ3n) is 5.08. The molecule has 1 fully saturated rings. The van der Waals surface area contributed by atoms with Gasteiger partial charge in [0.25, 0.3) is 0 Å². The minimum Gasteiger partial charge on any atom is -0.342 e. The van der Waals surface area contributed by atoms with Crippen LogP contribution in [0, 0.1) is 0 Å². The van der Waals surface area contributed by atoms with Crippen molar-refractivity contribution in [1.82, 2.24) is 29.2 Å². The van der Waals surface area contributed by atoms with Gasteiger partial charge in [-0.1, -0.05) is 6.07 Å². The maximum absolute atomic E-state index is 12.6. The highest BCUT2D eigenvalue weighted by molar-refractivity contribution is 5.76. The number of piperidine rings is 1. The number of hydrogen-bond donors (Lipinski definition) is 0. The molecule has 4 heterocycles. The Morgan fingerprint density at radius 3 is 2.96 bits per heavy atom. The van der Waals surface area contributed by atoms with Crippen LogP contribution in [0.2, 0.25) is 0 Å². The first-order chi connectivity index (χ1) is 13.3. The molecule has 4 rings (SSSR count). The van der Waals surface area contributed by atoms with Crippen LogP contribution in [0.15, 0.2) is 55.4 Å². The fraction of sp³-hybridized carbons (Fsp3) is 0.400. The van der Waals surface area contributed by atoms with E-state index in [0.717, 1.165) is 43.9 Å². The average Bonchev–Trinajstić information content (AvgIpc) is 3.39. The number of rotatable bonds is 6. The van der Waals surface area contributed by atoms with Crippen molar-refractivity contribution in [3.63, 3.8) is 0 Å². The molecule has 0 aromatic carbocycles. The van der Waals surface area contributed by atoms with Gasteiger partial charge < -0.3 is 9.47 Å². The Balaban J connectivity index is 1.40. The molecule has 0 N–H and O–H groups in total. The Hall–Kier alpha value is -2.96. The maximum Gasteiger partial charge on any atom is 0.224 e. The molecule has 1 saturated heterocycles.